The molecule has 1 atom stereocenters. The van der Waals surface area contributed by atoms with Gasteiger partial charge in [0.1, 0.15) is 12.2 Å². The van der Waals surface area contributed by atoms with Crippen molar-refractivity contribution >= 4 is 0 Å². The molecule has 14 heavy (non-hydrogen) atoms. The molecule has 1 unspecified atom stereocenters. The van der Waals surface area contributed by atoms with Crippen LogP contribution in [0, 0.1) is 0 Å². The Morgan fingerprint density at radius 1 is 1.79 bits per heavy atom. The molecule has 0 spiro atoms. The highest BCUT2D eigenvalue weighted by Gasteiger charge is 2.10. The summed E-state index contributed by atoms with van der Waals surface area (Å²) in [7, 11) is 0. The summed E-state index contributed by atoms with van der Waals surface area (Å²) in [5.74, 6) is 6.37. The van der Waals surface area contributed by atoms with E-state index in [0.29, 0.717) is 0 Å². The molecule has 1 rings (SSSR count). The second-order valence-electron chi connectivity index (χ2n) is 3.08. The van der Waals surface area contributed by atoms with Crippen LogP contribution >= 0.6 is 0 Å². The standard InChI is InChI=1S/C9H17N5/c1-3-5-8(13-10)6-9-11-7-12-14(9)4-2/h3,7-8,13H,1,4-6,10H2,2H3. The molecule has 3 N–H and O–H groups in total. The van der Waals surface area contributed by atoms with Gasteiger partial charge in [-0.05, 0) is 13.3 Å². The Hall–Kier alpha value is -1.20. The summed E-state index contributed by atoms with van der Waals surface area (Å²) in [6, 6.07) is 0.182. The lowest BCUT2D eigenvalue weighted by Gasteiger charge is -2.13. The minimum atomic E-state index is 0.182. The van der Waals surface area contributed by atoms with E-state index in [9.17, 15) is 0 Å². The molecule has 0 amide bonds. The Kier molecular flexibility index (Phi) is 4.28. The SMILES string of the molecule is C=CCC(Cc1ncnn1CC)NN. The van der Waals surface area contributed by atoms with Gasteiger partial charge in [-0.3, -0.25) is 16.0 Å². The normalized spacial score (nSPS) is 12.7. The second-order valence-corrected chi connectivity index (χ2v) is 3.08. The van der Waals surface area contributed by atoms with E-state index in [0.717, 1.165) is 25.2 Å². The maximum Gasteiger partial charge on any atom is 0.138 e. The number of hydrogen-bond donors (Lipinski definition) is 2. The molecule has 0 fully saturated rings. The van der Waals surface area contributed by atoms with Crippen LogP contribution in [-0.2, 0) is 13.0 Å². The van der Waals surface area contributed by atoms with E-state index in [1.165, 1.54) is 0 Å². The zero-order chi connectivity index (χ0) is 10.4. The van der Waals surface area contributed by atoms with Crippen LogP contribution in [0.1, 0.15) is 19.2 Å². The molecule has 0 saturated carbocycles. The van der Waals surface area contributed by atoms with E-state index >= 15 is 0 Å². The topological polar surface area (TPSA) is 68.8 Å². The number of rotatable bonds is 6. The van der Waals surface area contributed by atoms with Crippen molar-refractivity contribution in [1.29, 1.82) is 0 Å². The van der Waals surface area contributed by atoms with Gasteiger partial charge in [0.25, 0.3) is 0 Å². The quantitative estimate of drug-likeness (QED) is 0.388. The van der Waals surface area contributed by atoms with Crippen LogP contribution in [0.3, 0.4) is 0 Å². The van der Waals surface area contributed by atoms with E-state index in [1.54, 1.807) is 6.33 Å². The molecule has 1 heterocycles. The molecule has 0 bridgehead atoms. The van der Waals surface area contributed by atoms with Crippen molar-refractivity contribution in [3.63, 3.8) is 0 Å². The lowest BCUT2D eigenvalue weighted by Crippen LogP contribution is -2.37. The molecule has 0 aliphatic carbocycles. The van der Waals surface area contributed by atoms with E-state index < -0.39 is 0 Å². The fraction of sp³-hybridized carbons (Fsp3) is 0.556. The van der Waals surface area contributed by atoms with Gasteiger partial charge in [0.2, 0.25) is 0 Å². The number of hydrazine groups is 1. The molecule has 1 aromatic heterocycles. The van der Waals surface area contributed by atoms with E-state index in [-0.39, 0.29) is 6.04 Å². The zero-order valence-electron chi connectivity index (χ0n) is 8.48. The maximum absolute atomic E-state index is 5.41. The number of nitrogens with two attached hydrogens (primary N) is 1. The number of nitrogens with zero attached hydrogens (tertiary/aromatic N) is 3. The van der Waals surface area contributed by atoms with E-state index in [4.69, 9.17) is 5.84 Å². The van der Waals surface area contributed by atoms with Gasteiger partial charge in [-0.25, -0.2) is 4.98 Å². The van der Waals surface area contributed by atoms with Crippen molar-refractivity contribution < 1.29 is 0 Å². The summed E-state index contributed by atoms with van der Waals surface area (Å²) in [6.45, 7) is 6.55. The first kappa shape index (κ1) is 10.9. The number of aryl methyl sites for hydroxylation is 1. The highest BCUT2D eigenvalue weighted by molar-refractivity contribution is 4.91. The predicted molar refractivity (Wildman–Crippen MR) is 55.3 cm³/mol. The zero-order valence-corrected chi connectivity index (χ0v) is 8.48. The van der Waals surface area contributed by atoms with Gasteiger partial charge in [-0.15, -0.1) is 6.58 Å². The molecule has 78 valence electrons. The molecule has 0 aliphatic heterocycles. The van der Waals surface area contributed by atoms with Gasteiger partial charge in [0.05, 0.1) is 0 Å². The van der Waals surface area contributed by atoms with Crippen molar-refractivity contribution in [2.45, 2.75) is 32.4 Å². The fourth-order valence-corrected chi connectivity index (χ4v) is 1.34. The summed E-state index contributed by atoms with van der Waals surface area (Å²) in [4.78, 5) is 4.18. The Morgan fingerprint density at radius 3 is 3.14 bits per heavy atom. The first-order valence-electron chi connectivity index (χ1n) is 4.75. The van der Waals surface area contributed by atoms with Crippen LogP contribution in [-0.4, -0.2) is 20.8 Å². The molecular formula is C9H17N5. The average Bonchev–Trinajstić information content (AvgIpc) is 2.64. The Balaban J connectivity index is 2.61. The molecule has 1 aromatic rings. The molecule has 0 saturated heterocycles. The fourth-order valence-electron chi connectivity index (χ4n) is 1.34. The number of hydrogen-bond acceptors (Lipinski definition) is 4. The van der Waals surface area contributed by atoms with E-state index in [1.807, 2.05) is 17.7 Å². The Labute approximate surface area is 84.0 Å². The van der Waals surface area contributed by atoms with Crippen molar-refractivity contribution in [3.8, 4) is 0 Å². The molecule has 5 nitrogen and oxygen atoms in total. The highest BCUT2D eigenvalue weighted by atomic mass is 15.3. The first-order valence-corrected chi connectivity index (χ1v) is 4.75. The highest BCUT2D eigenvalue weighted by Crippen LogP contribution is 2.02. The summed E-state index contributed by atoms with van der Waals surface area (Å²) >= 11 is 0. The molecule has 0 aromatic carbocycles. The van der Waals surface area contributed by atoms with Gasteiger partial charge >= 0.3 is 0 Å². The minimum absolute atomic E-state index is 0.182. The van der Waals surface area contributed by atoms with Gasteiger partial charge in [0, 0.05) is 19.0 Å². The third kappa shape index (κ3) is 2.65. The minimum Gasteiger partial charge on any atom is -0.271 e. The second kappa shape index (κ2) is 5.51. The smallest absolute Gasteiger partial charge is 0.138 e. The summed E-state index contributed by atoms with van der Waals surface area (Å²) in [5, 5.41) is 4.09. The average molecular weight is 195 g/mol. The van der Waals surface area contributed by atoms with Crippen molar-refractivity contribution in [2.75, 3.05) is 0 Å². The van der Waals surface area contributed by atoms with Crippen LogP contribution in [0.15, 0.2) is 19.0 Å². The number of nitrogens with one attached hydrogen (secondary N) is 1. The van der Waals surface area contributed by atoms with Crippen LogP contribution in [0.4, 0.5) is 0 Å². The van der Waals surface area contributed by atoms with Crippen molar-refractivity contribution in [1.82, 2.24) is 20.2 Å². The summed E-state index contributed by atoms with van der Waals surface area (Å²) in [6.07, 6.45) is 5.01. The molecular weight excluding hydrogens is 178 g/mol. The van der Waals surface area contributed by atoms with Gasteiger partial charge in [-0.1, -0.05) is 6.08 Å². The monoisotopic (exact) mass is 195 g/mol. The predicted octanol–water partition coefficient (Wildman–Crippen LogP) is 0.248. The molecule has 5 heteroatoms. The van der Waals surface area contributed by atoms with Crippen LogP contribution in [0.25, 0.3) is 0 Å². The third-order valence-corrected chi connectivity index (χ3v) is 2.11. The largest absolute Gasteiger partial charge is 0.271 e. The van der Waals surface area contributed by atoms with Gasteiger partial charge in [-0.2, -0.15) is 5.10 Å². The lowest BCUT2D eigenvalue weighted by molar-refractivity contribution is 0.496. The van der Waals surface area contributed by atoms with Crippen molar-refractivity contribution in [2.24, 2.45) is 5.84 Å². The Bertz CT molecular complexity index is 280. The van der Waals surface area contributed by atoms with Crippen LogP contribution < -0.4 is 11.3 Å². The van der Waals surface area contributed by atoms with Gasteiger partial charge in [0.15, 0.2) is 0 Å². The summed E-state index contributed by atoms with van der Waals surface area (Å²) in [5.41, 5.74) is 2.74. The van der Waals surface area contributed by atoms with Gasteiger partial charge < -0.3 is 0 Å². The van der Waals surface area contributed by atoms with Crippen LogP contribution in [0.5, 0.6) is 0 Å². The summed E-state index contributed by atoms with van der Waals surface area (Å²) < 4.78 is 1.87. The molecule has 0 radical (unpaired) electrons. The third-order valence-electron chi connectivity index (χ3n) is 2.11. The van der Waals surface area contributed by atoms with Crippen LogP contribution in [0.2, 0.25) is 0 Å². The van der Waals surface area contributed by atoms with Crippen molar-refractivity contribution in [3.05, 3.63) is 24.8 Å². The molecule has 0 aliphatic rings. The first-order chi connectivity index (χ1) is 6.81. The lowest BCUT2D eigenvalue weighted by atomic mass is 10.1. The number of aromatic nitrogens is 3. The van der Waals surface area contributed by atoms with E-state index in [2.05, 4.69) is 22.1 Å². The Morgan fingerprint density at radius 2 is 2.57 bits per heavy atom. The maximum atomic E-state index is 5.41.